The van der Waals surface area contributed by atoms with E-state index in [4.69, 9.17) is 13.9 Å². The molecule has 23 heavy (non-hydrogen) atoms. The summed E-state index contributed by atoms with van der Waals surface area (Å²) < 4.78 is 15.6. The van der Waals surface area contributed by atoms with Gasteiger partial charge in [0.1, 0.15) is 5.76 Å². The lowest BCUT2D eigenvalue weighted by Gasteiger charge is -2.13. The van der Waals surface area contributed by atoms with Gasteiger partial charge in [0.15, 0.2) is 18.1 Å². The molecule has 0 spiro atoms. The first-order valence-electron chi connectivity index (χ1n) is 6.79. The maximum Gasteiger partial charge on any atom is 0.273 e. The molecule has 1 heterocycles. The number of amides is 1. The molecule has 0 saturated carbocycles. The van der Waals surface area contributed by atoms with Crippen LogP contribution >= 0.6 is 0 Å². The second kappa shape index (κ2) is 7.30. The van der Waals surface area contributed by atoms with Crippen molar-refractivity contribution >= 4 is 11.6 Å². The maximum absolute atomic E-state index is 11.9. The number of hydrogen-bond acceptors (Lipinski definition) is 6. The number of methoxy groups -OCH3 is 1. The molecule has 8 heteroatoms. The summed E-state index contributed by atoms with van der Waals surface area (Å²) in [5, 5.41) is 13.5. The lowest BCUT2D eigenvalue weighted by molar-refractivity contribution is -0.385. The molecular formula is C15H16N2O6. The molecule has 122 valence electrons. The van der Waals surface area contributed by atoms with Crippen LogP contribution in [0, 0.1) is 10.1 Å². The van der Waals surface area contributed by atoms with Crippen molar-refractivity contribution in [1.29, 1.82) is 0 Å². The molecule has 2 rings (SSSR count). The molecule has 0 aliphatic heterocycles. The summed E-state index contributed by atoms with van der Waals surface area (Å²) in [5.41, 5.74) is -0.148. The fourth-order valence-corrected chi connectivity index (χ4v) is 1.93. The average Bonchev–Trinajstić information content (AvgIpc) is 3.07. The molecule has 1 aromatic heterocycles. The van der Waals surface area contributed by atoms with Crippen LogP contribution in [0.1, 0.15) is 18.7 Å². The highest BCUT2D eigenvalue weighted by Crippen LogP contribution is 2.31. The van der Waals surface area contributed by atoms with E-state index < -0.39 is 4.92 Å². The molecular weight excluding hydrogens is 304 g/mol. The Hall–Kier alpha value is -3.03. The third-order valence-corrected chi connectivity index (χ3v) is 3.06. The number of carbonyl (C=O) groups is 1. The lowest BCUT2D eigenvalue weighted by Crippen LogP contribution is -2.31. The number of ether oxygens (including phenoxy) is 2. The number of rotatable bonds is 7. The van der Waals surface area contributed by atoms with Crippen LogP contribution in [-0.4, -0.2) is 24.5 Å². The van der Waals surface area contributed by atoms with E-state index in [1.54, 1.807) is 19.1 Å². The number of nitrogens with zero attached hydrogens (tertiary/aromatic N) is 1. The predicted molar refractivity (Wildman–Crippen MR) is 80.4 cm³/mol. The van der Waals surface area contributed by atoms with Gasteiger partial charge in [-0.25, -0.2) is 0 Å². The molecule has 0 bridgehead atoms. The molecule has 0 fully saturated rings. The van der Waals surface area contributed by atoms with E-state index in [0.29, 0.717) is 11.5 Å². The van der Waals surface area contributed by atoms with Crippen molar-refractivity contribution < 1.29 is 23.6 Å². The average molecular weight is 320 g/mol. The number of non-ortho nitro benzene ring substituents is 1. The Kier molecular flexibility index (Phi) is 5.19. The molecule has 0 saturated heterocycles. The summed E-state index contributed by atoms with van der Waals surface area (Å²) in [4.78, 5) is 22.1. The van der Waals surface area contributed by atoms with E-state index in [1.165, 1.54) is 31.6 Å². The van der Waals surface area contributed by atoms with Gasteiger partial charge in [0.25, 0.3) is 11.6 Å². The Bertz CT molecular complexity index is 683. The number of hydrogen-bond donors (Lipinski definition) is 1. The van der Waals surface area contributed by atoms with E-state index >= 15 is 0 Å². The van der Waals surface area contributed by atoms with Gasteiger partial charge in [-0.15, -0.1) is 0 Å². The number of nitro benzene ring substituents is 1. The van der Waals surface area contributed by atoms with Gasteiger partial charge in [0, 0.05) is 6.07 Å². The monoisotopic (exact) mass is 320 g/mol. The third kappa shape index (κ3) is 4.22. The predicted octanol–water partition coefficient (Wildman–Crippen LogP) is 2.45. The van der Waals surface area contributed by atoms with Crippen LogP contribution < -0.4 is 14.8 Å². The Balaban J connectivity index is 1.98. The number of nitrogens with one attached hydrogen (secondary N) is 1. The highest BCUT2D eigenvalue weighted by molar-refractivity contribution is 5.78. The van der Waals surface area contributed by atoms with E-state index in [1.807, 2.05) is 0 Å². The van der Waals surface area contributed by atoms with Crippen molar-refractivity contribution in [2.75, 3.05) is 13.7 Å². The van der Waals surface area contributed by atoms with Crippen molar-refractivity contribution in [2.45, 2.75) is 13.0 Å². The first kappa shape index (κ1) is 16.3. The number of furan rings is 1. The third-order valence-electron chi connectivity index (χ3n) is 3.06. The summed E-state index contributed by atoms with van der Waals surface area (Å²) >= 11 is 0. The molecule has 1 amide bonds. The molecule has 0 aliphatic rings. The smallest absolute Gasteiger partial charge is 0.273 e. The normalized spacial score (nSPS) is 11.6. The van der Waals surface area contributed by atoms with Crippen molar-refractivity contribution in [3.8, 4) is 11.5 Å². The first-order chi connectivity index (χ1) is 11.0. The summed E-state index contributed by atoms with van der Waals surface area (Å²) in [5.74, 6) is 0.665. The Morgan fingerprint density at radius 3 is 2.78 bits per heavy atom. The SMILES string of the molecule is COc1ccc([N+](=O)[O-])cc1OCC(=O)N[C@H](C)c1ccco1. The minimum atomic E-state index is -0.550. The lowest BCUT2D eigenvalue weighted by atomic mass is 10.2. The van der Waals surface area contributed by atoms with Gasteiger partial charge >= 0.3 is 0 Å². The van der Waals surface area contributed by atoms with Gasteiger partial charge in [0.2, 0.25) is 0 Å². The van der Waals surface area contributed by atoms with Gasteiger partial charge < -0.3 is 19.2 Å². The van der Waals surface area contributed by atoms with Crippen LogP contribution in [0.5, 0.6) is 11.5 Å². The largest absolute Gasteiger partial charge is 0.493 e. The standard InChI is InChI=1S/C15H16N2O6/c1-10(12-4-3-7-22-12)16-15(18)9-23-14-8-11(17(19)20)5-6-13(14)21-2/h3-8,10H,9H2,1-2H3,(H,16,18)/t10-/m1/s1. The molecule has 0 aliphatic carbocycles. The van der Waals surface area contributed by atoms with E-state index in [0.717, 1.165) is 0 Å². The fourth-order valence-electron chi connectivity index (χ4n) is 1.93. The van der Waals surface area contributed by atoms with E-state index in [2.05, 4.69) is 5.32 Å². The van der Waals surface area contributed by atoms with E-state index in [-0.39, 0.29) is 30.0 Å². The topological polar surface area (TPSA) is 104 Å². The second-order valence-corrected chi connectivity index (χ2v) is 4.69. The zero-order chi connectivity index (χ0) is 16.8. The van der Waals surface area contributed by atoms with Crippen LogP contribution in [0.4, 0.5) is 5.69 Å². The number of nitro groups is 1. The van der Waals surface area contributed by atoms with Gasteiger partial charge in [-0.1, -0.05) is 0 Å². The second-order valence-electron chi connectivity index (χ2n) is 4.69. The summed E-state index contributed by atoms with van der Waals surface area (Å²) in [6.07, 6.45) is 1.52. The fraction of sp³-hybridized carbons (Fsp3) is 0.267. The highest BCUT2D eigenvalue weighted by atomic mass is 16.6. The first-order valence-corrected chi connectivity index (χ1v) is 6.79. The van der Waals surface area contributed by atoms with Crippen LogP contribution in [0.3, 0.4) is 0 Å². The molecule has 1 atom stereocenters. The summed E-state index contributed by atoms with van der Waals surface area (Å²) in [6.45, 7) is 1.47. The minimum absolute atomic E-state index is 0.127. The molecule has 8 nitrogen and oxygen atoms in total. The molecule has 0 radical (unpaired) electrons. The maximum atomic E-state index is 11.9. The zero-order valence-corrected chi connectivity index (χ0v) is 12.6. The minimum Gasteiger partial charge on any atom is -0.493 e. The molecule has 0 unspecified atom stereocenters. The van der Waals surface area contributed by atoms with Crippen molar-refractivity contribution in [2.24, 2.45) is 0 Å². The van der Waals surface area contributed by atoms with Crippen LogP contribution in [0.15, 0.2) is 41.0 Å². The van der Waals surface area contributed by atoms with Gasteiger partial charge in [0.05, 0.1) is 30.4 Å². The van der Waals surface area contributed by atoms with Gasteiger partial charge in [-0.3, -0.25) is 14.9 Å². The molecule has 1 aromatic carbocycles. The number of benzene rings is 1. The summed E-state index contributed by atoms with van der Waals surface area (Å²) in [7, 11) is 1.41. The van der Waals surface area contributed by atoms with Crippen molar-refractivity contribution in [3.05, 3.63) is 52.5 Å². The Morgan fingerprint density at radius 1 is 1.39 bits per heavy atom. The van der Waals surface area contributed by atoms with Crippen molar-refractivity contribution in [1.82, 2.24) is 5.32 Å². The van der Waals surface area contributed by atoms with Gasteiger partial charge in [-0.05, 0) is 25.1 Å². The van der Waals surface area contributed by atoms with Gasteiger partial charge in [-0.2, -0.15) is 0 Å². The molecule has 2 aromatic rings. The molecule has 1 N–H and O–H groups in total. The zero-order valence-electron chi connectivity index (χ0n) is 12.6. The quantitative estimate of drug-likeness (QED) is 0.621. The van der Waals surface area contributed by atoms with Crippen molar-refractivity contribution in [3.63, 3.8) is 0 Å². The van der Waals surface area contributed by atoms with E-state index in [9.17, 15) is 14.9 Å². The number of carbonyl (C=O) groups excluding carboxylic acids is 1. The summed E-state index contributed by atoms with van der Waals surface area (Å²) in [6, 6.07) is 7.08. The highest BCUT2D eigenvalue weighted by Gasteiger charge is 2.16. The Morgan fingerprint density at radius 2 is 2.17 bits per heavy atom. The van der Waals surface area contributed by atoms with Crippen LogP contribution in [-0.2, 0) is 4.79 Å². The Labute approximate surface area is 132 Å². The van der Waals surface area contributed by atoms with Crippen LogP contribution in [0.2, 0.25) is 0 Å². The van der Waals surface area contributed by atoms with Crippen LogP contribution in [0.25, 0.3) is 0 Å².